The molecule has 0 aliphatic carbocycles. The molecule has 90 valence electrons. The lowest BCUT2D eigenvalue weighted by Gasteiger charge is -2.12. The first-order valence-corrected chi connectivity index (χ1v) is 5.35. The second-order valence-electron chi connectivity index (χ2n) is 4.00. The minimum absolute atomic E-state index is 0.247. The van der Waals surface area contributed by atoms with Gasteiger partial charge in [0, 0.05) is 19.0 Å². The second-order valence-corrected chi connectivity index (χ2v) is 4.00. The van der Waals surface area contributed by atoms with E-state index in [4.69, 9.17) is 0 Å². The quantitative estimate of drug-likeness (QED) is 0.878. The molecule has 0 spiro atoms. The van der Waals surface area contributed by atoms with E-state index in [0.717, 1.165) is 0 Å². The van der Waals surface area contributed by atoms with Crippen LogP contribution >= 0.6 is 0 Å². The molecular weight excluding hydrogens is 221 g/mol. The van der Waals surface area contributed by atoms with Crippen molar-refractivity contribution in [3.63, 3.8) is 0 Å². The molecule has 17 heavy (non-hydrogen) atoms. The van der Waals surface area contributed by atoms with Crippen molar-refractivity contribution in [3.8, 4) is 0 Å². The van der Waals surface area contributed by atoms with Gasteiger partial charge >= 0.3 is 0 Å². The van der Waals surface area contributed by atoms with E-state index in [1.165, 1.54) is 6.33 Å². The zero-order valence-corrected chi connectivity index (χ0v) is 9.76. The van der Waals surface area contributed by atoms with Crippen molar-refractivity contribution < 1.29 is 9.50 Å². The first kappa shape index (κ1) is 11.7. The Kier molecular flexibility index (Phi) is 3.19. The van der Waals surface area contributed by atoms with Crippen molar-refractivity contribution in [3.05, 3.63) is 47.3 Å². The monoisotopic (exact) mass is 235 g/mol. The van der Waals surface area contributed by atoms with Crippen LogP contribution in [0.3, 0.4) is 0 Å². The Balaban J connectivity index is 2.23. The average molecular weight is 235 g/mol. The molecule has 5 heteroatoms. The number of aliphatic hydroxyl groups is 1. The Morgan fingerprint density at radius 2 is 2.24 bits per heavy atom. The zero-order chi connectivity index (χ0) is 12.4. The summed E-state index contributed by atoms with van der Waals surface area (Å²) in [6.07, 6.45) is 0.753. The number of nitrogens with zero attached hydrogens (tertiary/aromatic N) is 3. The van der Waals surface area contributed by atoms with Crippen LogP contribution in [0, 0.1) is 12.7 Å². The van der Waals surface area contributed by atoms with Crippen LogP contribution in [0.4, 0.5) is 4.39 Å². The van der Waals surface area contributed by atoms with Crippen LogP contribution < -0.4 is 0 Å². The Morgan fingerprint density at radius 1 is 1.47 bits per heavy atom. The SMILES string of the molecule is Cc1cccc(C(O)Cc2ncnn2C)c1F. The van der Waals surface area contributed by atoms with Crippen LogP contribution in [0.2, 0.25) is 0 Å². The molecule has 2 aromatic rings. The standard InChI is InChI=1S/C12H14FN3O/c1-8-4-3-5-9(12(8)13)10(17)6-11-14-7-15-16(11)2/h3-5,7,10,17H,6H2,1-2H3. The van der Waals surface area contributed by atoms with Gasteiger partial charge in [-0.05, 0) is 12.5 Å². The van der Waals surface area contributed by atoms with Crippen LogP contribution in [0.5, 0.6) is 0 Å². The van der Waals surface area contributed by atoms with E-state index in [9.17, 15) is 9.50 Å². The summed E-state index contributed by atoms with van der Waals surface area (Å²) in [7, 11) is 1.74. The van der Waals surface area contributed by atoms with Gasteiger partial charge in [-0.25, -0.2) is 9.37 Å². The Morgan fingerprint density at radius 3 is 2.88 bits per heavy atom. The third-order valence-electron chi connectivity index (χ3n) is 2.76. The van der Waals surface area contributed by atoms with Crippen LogP contribution in [0.1, 0.15) is 23.1 Å². The molecule has 0 aliphatic rings. The van der Waals surface area contributed by atoms with Gasteiger partial charge in [0.25, 0.3) is 0 Å². The molecule has 1 heterocycles. The van der Waals surface area contributed by atoms with Crippen molar-refractivity contribution in [2.24, 2.45) is 7.05 Å². The van der Waals surface area contributed by atoms with Crippen molar-refractivity contribution in [1.82, 2.24) is 14.8 Å². The van der Waals surface area contributed by atoms with Gasteiger partial charge in [-0.3, -0.25) is 4.68 Å². The summed E-state index contributed by atoms with van der Waals surface area (Å²) in [5.41, 5.74) is 0.826. The maximum atomic E-state index is 13.8. The van der Waals surface area contributed by atoms with Crippen molar-refractivity contribution in [2.75, 3.05) is 0 Å². The summed E-state index contributed by atoms with van der Waals surface area (Å²) < 4.78 is 15.3. The number of aromatic nitrogens is 3. The highest BCUT2D eigenvalue weighted by molar-refractivity contribution is 5.27. The molecule has 0 fully saturated rings. The minimum Gasteiger partial charge on any atom is -0.388 e. The van der Waals surface area contributed by atoms with Gasteiger partial charge < -0.3 is 5.11 Å². The average Bonchev–Trinajstić information content (AvgIpc) is 2.68. The Labute approximate surface area is 98.7 Å². The van der Waals surface area contributed by atoms with Crippen molar-refractivity contribution in [2.45, 2.75) is 19.4 Å². The number of aryl methyl sites for hydroxylation is 2. The molecule has 1 atom stereocenters. The smallest absolute Gasteiger partial charge is 0.138 e. The fourth-order valence-electron chi connectivity index (χ4n) is 1.72. The summed E-state index contributed by atoms with van der Waals surface area (Å²) in [4.78, 5) is 4.00. The summed E-state index contributed by atoms with van der Waals surface area (Å²) in [5, 5.41) is 13.9. The lowest BCUT2D eigenvalue weighted by atomic mass is 10.0. The summed E-state index contributed by atoms with van der Waals surface area (Å²) in [6.45, 7) is 1.67. The Bertz CT molecular complexity index is 524. The van der Waals surface area contributed by atoms with E-state index in [2.05, 4.69) is 10.1 Å². The normalized spacial score (nSPS) is 12.7. The number of halogens is 1. The predicted octanol–water partition coefficient (Wildman–Crippen LogP) is 1.54. The van der Waals surface area contributed by atoms with E-state index in [0.29, 0.717) is 17.0 Å². The summed E-state index contributed by atoms with van der Waals surface area (Å²) in [6, 6.07) is 4.99. The van der Waals surface area contributed by atoms with Gasteiger partial charge in [-0.15, -0.1) is 0 Å². The number of benzene rings is 1. The van der Waals surface area contributed by atoms with Crippen molar-refractivity contribution in [1.29, 1.82) is 0 Å². The fourth-order valence-corrected chi connectivity index (χ4v) is 1.72. The molecular formula is C12H14FN3O. The molecule has 0 saturated carbocycles. The molecule has 0 aliphatic heterocycles. The van der Waals surface area contributed by atoms with Crippen LogP contribution in [0.15, 0.2) is 24.5 Å². The van der Waals surface area contributed by atoms with E-state index in [1.807, 2.05) is 0 Å². The van der Waals surface area contributed by atoms with Gasteiger partial charge in [0.05, 0.1) is 6.10 Å². The third-order valence-corrected chi connectivity index (χ3v) is 2.76. The summed E-state index contributed by atoms with van der Waals surface area (Å²) in [5.74, 6) is 0.264. The van der Waals surface area contributed by atoms with E-state index >= 15 is 0 Å². The lowest BCUT2D eigenvalue weighted by molar-refractivity contribution is 0.169. The molecule has 0 radical (unpaired) electrons. The second kappa shape index (κ2) is 4.63. The predicted molar refractivity (Wildman–Crippen MR) is 60.8 cm³/mol. The van der Waals surface area contributed by atoms with E-state index < -0.39 is 6.10 Å². The maximum Gasteiger partial charge on any atom is 0.138 e. The van der Waals surface area contributed by atoms with Gasteiger partial charge in [0.1, 0.15) is 18.0 Å². The minimum atomic E-state index is -0.905. The lowest BCUT2D eigenvalue weighted by Crippen LogP contribution is -2.09. The summed E-state index contributed by atoms with van der Waals surface area (Å²) >= 11 is 0. The van der Waals surface area contributed by atoms with E-state index in [1.54, 1.807) is 36.9 Å². The van der Waals surface area contributed by atoms with Crippen LogP contribution in [-0.2, 0) is 13.5 Å². The zero-order valence-electron chi connectivity index (χ0n) is 9.76. The first-order valence-electron chi connectivity index (χ1n) is 5.35. The highest BCUT2D eigenvalue weighted by Crippen LogP contribution is 2.22. The van der Waals surface area contributed by atoms with Crippen molar-refractivity contribution >= 4 is 0 Å². The van der Waals surface area contributed by atoms with E-state index in [-0.39, 0.29) is 12.2 Å². The number of hydrogen-bond acceptors (Lipinski definition) is 3. The number of aliphatic hydroxyl groups excluding tert-OH is 1. The van der Waals surface area contributed by atoms with Gasteiger partial charge in [0.15, 0.2) is 0 Å². The maximum absolute atomic E-state index is 13.8. The molecule has 1 aromatic heterocycles. The highest BCUT2D eigenvalue weighted by Gasteiger charge is 2.16. The molecule has 0 saturated heterocycles. The topological polar surface area (TPSA) is 50.9 Å². The number of hydrogen-bond donors (Lipinski definition) is 1. The van der Waals surface area contributed by atoms with Crippen LogP contribution in [0.25, 0.3) is 0 Å². The van der Waals surface area contributed by atoms with Gasteiger partial charge in [-0.1, -0.05) is 18.2 Å². The Hall–Kier alpha value is -1.75. The van der Waals surface area contributed by atoms with Gasteiger partial charge in [0.2, 0.25) is 0 Å². The van der Waals surface area contributed by atoms with Gasteiger partial charge in [-0.2, -0.15) is 5.10 Å². The molecule has 2 rings (SSSR count). The molecule has 0 amide bonds. The first-order chi connectivity index (χ1) is 8.09. The molecule has 1 N–H and O–H groups in total. The molecule has 4 nitrogen and oxygen atoms in total. The fraction of sp³-hybridized carbons (Fsp3) is 0.333. The molecule has 1 unspecified atom stereocenters. The largest absolute Gasteiger partial charge is 0.388 e. The third kappa shape index (κ3) is 2.34. The number of rotatable bonds is 3. The molecule has 0 bridgehead atoms. The molecule has 1 aromatic carbocycles. The van der Waals surface area contributed by atoms with Crippen LogP contribution in [-0.4, -0.2) is 19.9 Å². The highest BCUT2D eigenvalue weighted by atomic mass is 19.1.